The third-order valence-corrected chi connectivity index (χ3v) is 5.66. The number of fused-ring (bicyclic) bond motifs is 1. The molecule has 0 radical (unpaired) electrons. The van der Waals surface area contributed by atoms with Gasteiger partial charge in [0.05, 0.1) is 16.8 Å². The fourth-order valence-corrected chi connectivity index (χ4v) is 3.99. The number of nitrogens with zero attached hydrogens (tertiary/aromatic N) is 1. The van der Waals surface area contributed by atoms with E-state index in [1.54, 1.807) is 11.3 Å². The number of benzene rings is 3. The van der Waals surface area contributed by atoms with Gasteiger partial charge >= 0.3 is 0 Å². The topological polar surface area (TPSA) is 42.0 Å². The van der Waals surface area contributed by atoms with Crippen LogP contribution >= 0.6 is 27.3 Å². The minimum Gasteiger partial charge on any atom is -0.377 e. The Morgan fingerprint density at radius 3 is 2.50 bits per heavy atom. The number of nitrogens with one attached hydrogen (secondary N) is 1. The maximum Gasteiger partial charge on any atom is 0.181 e. The molecule has 0 bridgehead atoms. The number of aromatic nitrogens is 1. The fourth-order valence-electron chi connectivity index (χ4n) is 2.72. The summed E-state index contributed by atoms with van der Waals surface area (Å²) in [5.74, 6) is 0.0524. The minimum absolute atomic E-state index is 0.0524. The Kier molecular flexibility index (Phi) is 4.82. The van der Waals surface area contributed by atoms with Crippen molar-refractivity contribution in [3.8, 4) is 10.6 Å². The average Bonchev–Trinajstić information content (AvgIpc) is 3.11. The van der Waals surface area contributed by atoms with Crippen molar-refractivity contribution in [2.75, 3.05) is 11.9 Å². The van der Waals surface area contributed by atoms with E-state index in [4.69, 9.17) is 4.98 Å². The SMILES string of the molecule is O=C(CNc1ccccc1-c1nc2ccccc2s1)c1ccc(Br)cc1. The quantitative estimate of drug-likeness (QED) is 0.399. The van der Waals surface area contributed by atoms with Gasteiger partial charge in [-0.2, -0.15) is 0 Å². The van der Waals surface area contributed by atoms with E-state index in [0.29, 0.717) is 5.56 Å². The molecule has 3 aromatic carbocycles. The van der Waals surface area contributed by atoms with Gasteiger partial charge in [-0.25, -0.2) is 4.98 Å². The summed E-state index contributed by atoms with van der Waals surface area (Å²) in [4.78, 5) is 17.2. The van der Waals surface area contributed by atoms with Gasteiger partial charge in [0.2, 0.25) is 0 Å². The normalized spacial score (nSPS) is 10.8. The monoisotopic (exact) mass is 422 g/mol. The molecule has 1 N–H and O–H groups in total. The highest BCUT2D eigenvalue weighted by atomic mass is 79.9. The summed E-state index contributed by atoms with van der Waals surface area (Å²) in [6.07, 6.45) is 0. The average molecular weight is 423 g/mol. The van der Waals surface area contributed by atoms with Crippen LogP contribution in [0, 0.1) is 0 Å². The number of thiazole rings is 1. The number of halogens is 1. The molecule has 0 atom stereocenters. The number of ketones is 1. The van der Waals surface area contributed by atoms with Crippen LogP contribution in [0.15, 0.2) is 77.3 Å². The number of carbonyl (C=O) groups excluding carboxylic acids is 1. The summed E-state index contributed by atoms with van der Waals surface area (Å²) in [6.45, 7) is 0.240. The zero-order valence-electron chi connectivity index (χ0n) is 13.8. The molecule has 0 fully saturated rings. The van der Waals surface area contributed by atoms with E-state index < -0.39 is 0 Å². The standard InChI is InChI=1S/C21H15BrN2OS/c22-15-11-9-14(10-12-15)19(25)13-23-17-6-2-1-5-16(17)21-24-18-7-3-4-8-20(18)26-21/h1-12,23H,13H2. The second kappa shape index (κ2) is 7.40. The molecule has 4 rings (SSSR count). The first-order valence-electron chi connectivity index (χ1n) is 8.18. The number of hydrogen-bond donors (Lipinski definition) is 1. The molecule has 128 valence electrons. The molecule has 0 saturated heterocycles. The molecule has 0 unspecified atom stereocenters. The lowest BCUT2D eigenvalue weighted by Gasteiger charge is -2.10. The Bertz CT molecular complexity index is 1040. The summed E-state index contributed by atoms with van der Waals surface area (Å²) < 4.78 is 2.12. The van der Waals surface area contributed by atoms with Gasteiger partial charge in [0.25, 0.3) is 0 Å². The molecule has 5 heteroatoms. The smallest absolute Gasteiger partial charge is 0.181 e. The molecule has 3 nitrogen and oxygen atoms in total. The van der Waals surface area contributed by atoms with Gasteiger partial charge in [-0.1, -0.05) is 52.3 Å². The molecule has 0 aliphatic heterocycles. The highest BCUT2D eigenvalue weighted by Crippen LogP contribution is 2.34. The predicted octanol–water partition coefficient (Wildman–Crippen LogP) is 6.02. The van der Waals surface area contributed by atoms with Gasteiger partial charge in [0, 0.05) is 21.3 Å². The first kappa shape index (κ1) is 16.9. The Labute approximate surface area is 163 Å². The van der Waals surface area contributed by atoms with E-state index in [2.05, 4.69) is 27.3 Å². The van der Waals surface area contributed by atoms with Gasteiger partial charge in [-0.05, 0) is 36.4 Å². The Morgan fingerprint density at radius 1 is 0.962 bits per heavy atom. The van der Waals surface area contributed by atoms with Crippen molar-refractivity contribution in [3.05, 3.63) is 82.8 Å². The van der Waals surface area contributed by atoms with Crippen LogP contribution in [0.4, 0.5) is 5.69 Å². The van der Waals surface area contributed by atoms with Crippen molar-refractivity contribution < 1.29 is 4.79 Å². The fraction of sp³-hybridized carbons (Fsp3) is 0.0476. The van der Waals surface area contributed by atoms with E-state index in [-0.39, 0.29) is 12.3 Å². The summed E-state index contributed by atoms with van der Waals surface area (Å²) in [5.41, 5.74) is 3.61. The number of carbonyl (C=O) groups is 1. The second-order valence-corrected chi connectivity index (χ2v) is 7.76. The van der Waals surface area contributed by atoms with E-state index >= 15 is 0 Å². The lowest BCUT2D eigenvalue weighted by molar-refractivity contribution is 0.101. The van der Waals surface area contributed by atoms with Crippen LogP contribution in [0.1, 0.15) is 10.4 Å². The minimum atomic E-state index is 0.0524. The summed E-state index contributed by atoms with van der Waals surface area (Å²) >= 11 is 5.04. The molecule has 0 aliphatic carbocycles. The second-order valence-electron chi connectivity index (χ2n) is 5.82. The molecule has 0 saturated carbocycles. The molecule has 26 heavy (non-hydrogen) atoms. The van der Waals surface area contributed by atoms with Gasteiger partial charge in [-0.3, -0.25) is 4.79 Å². The van der Waals surface area contributed by atoms with Crippen molar-refractivity contribution in [2.24, 2.45) is 0 Å². The van der Waals surface area contributed by atoms with Gasteiger partial charge in [0.1, 0.15) is 5.01 Å². The van der Waals surface area contributed by atoms with Crippen molar-refractivity contribution in [1.29, 1.82) is 0 Å². The maximum absolute atomic E-state index is 12.4. The lowest BCUT2D eigenvalue weighted by Crippen LogP contribution is -2.14. The highest BCUT2D eigenvalue weighted by Gasteiger charge is 2.12. The Balaban J connectivity index is 1.58. The Morgan fingerprint density at radius 2 is 1.69 bits per heavy atom. The number of anilines is 1. The van der Waals surface area contributed by atoms with Crippen LogP contribution in [0.3, 0.4) is 0 Å². The molecule has 4 aromatic rings. The molecular weight excluding hydrogens is 408 g/mol. The molecular formula is C21H15BrN2OS. The van der Waals surface area contributed by atoms with Crippen molar-refractivity contribution in [3.63, 3.8) is 0 Å². The largest absolute Gasteiger partial charge is 0.377 e. The molecule has 0 aliphatic rings. The first-order chi connectivity index (χ1) is 12.7. The van der Waals surface area contributed by atoms with E-state index in [0.717, 1.165) is 30.9 Å². The predicted molar refractivity (Wildman–Crippen MR) is 112 cm³/mol. The van der Waals surface area contributed by atoms with Crippen molar-refractivity contribution in [2.45, 2.75) is 0 Å². The third kappa shape index (κ3) is 3.54. The first-order valence-corrected chi connectivity index (χ1v) is 9.79. The highest BCUT2D eigenvalue weighted by molar-refractivity contribution is 9.10. The van der Waals surface area contributed by atoms with E-state index in [1.807, 2.05) is 66.7 Å². The maximum atomic E-state index is 12.4. The van der Waals surface area contributed by atoms with Crippen LogP contribution in [-0.2, 0) is 0 Å². The zero-order chi connectivity index (χ0) is 17.9. The summed E-state index contributed by atoms with van der Waals surface area (Å²) in [7, 11) is 0. The molecule has 0 amide bonds. The number of rotatable bonds is 5. The third-order valence-electron chi connectivity index (χ3n) is 4.06. The van der Waals surface area contributed by atoms with Crippen molar-refractivity contribution >= 4 is 49.0 Å². The van der Waals surface area contributed by atoms with Gasteiger partial charge in [-0.15, -0.1) is 11.3 Å². The lowest BCUT2D eigenvalue weighted by atomic mass is 10.1. The van der Waals surface area contributed by atoms with Gasteiger partial charge in [0.15, 0.2) is 5.78 Å². The summed E-state index contributed by atoms with van der Waals surface area (Å²) in [6, 6.07) is 23.5. The van der Waals surface area contributed by atoms with E-state index in [1.165, 1.54) is 0 Å². The zero-order valence-corrected chi connectivity index (χ0v) is 16.2. The number of hydrogen-bond acceptors (Lipinski definition) is 4. The molecule has 1 aromatic heterocycles. The molecule has 1 heterocycles. The van der Waals surface area contributed by atoms with Crippen LogP contribution in [-0.4, -0.2) is 17.3 Å². The van der Waals surface area contributed by atoms with Gasteiger partial charge < -0.3 is 5.32 Å². The van der Waals surface area contributed by atoms with E-state index in [9.17, 15) is 4.79 Å². The molecule has 0 spiro atoms. The van der Waals surface area contributed by atoms with Crippen LogP contribution in [0.2, 0.25) is 0 Å². The Hall–Kier alpha value is -2.50. The van der Waals surface area contributed by atoms with Crippen LogP contribution < -0.4 is 5.32 Å². The van der Waals surface area contributed by atoms with Crippen LogP contribution in [0.5, 0.6) is 0 Å². The number of Topliss-reactive ketones (excluding diaryl/α,β-unsaturated/α-hetero) is 1. The number of para-hydroxylation sites is 2. The van der Waals surface area contributed by atoms with Crippen LogP contribution in [0.25, 0.3) is 20.8 Å². The summed E-state index contributed by atoms with van der Waals surface area (Å²) in [5, 5.41) is 4.22. The van der Waals surface area contributed by atoms with Crippen molar-refractivity contribution in [1.82, 2.24) is 4.98 Å².